The van der Waals surface area contributed by atoms with Gasteiger partial charge in [0.1, 0.15) is 5.65 Å². The fourth-order valence-corrected chi connectivity index (χ4v) is 3.08. The molecular weight excluding hydrogens is 248 g/mol. The molecule has 1 aliphatic rings. The fourth-order valence-electron chi connectivity index (χ4n) is 3.08. The predicted octanol–water partition coefficient (Wildman–Crippen LogP) is 2.68. The summed E-state index contributed by atoms with van der Waals surface area (Å²) in [7, 11) is 0. The van der Waals surface area contributed by atoms with Crippen molar-refractivity contribution >= 4 is 11.5 Å². The Kier molecular flexibility index (Phi) is 3.92. The average molecular weight is 272 g/mol. The molecule has 0 aromatic carbocycles. The lowest BCUT2D eigenvalue weighted by Gasteiger charge is -2.31. The van der Waals surface area contributed by atoms with E-state index in [9.17, 15) is 0 Å². The molecule has 1 atom stereocenters. The van der Waals surface area contributed by atoms with Crippen LogP contribution in [0, 0.1) is 5.92 Å². The molecule has 4 heteroatoms. The molecule has 0 aliphatic carbocycles. The molecular formula is C16H24N4. The van der Waals surface area contributed by atoms with Gasteiger partial charge in [0.05, 0.1) is 5.69 Å². The lowest BCUT2D eigenvalue weighted by atomic mass is 10.0. The minimum absolute atomic E-state index is 0.764. The molecule has 2 aromatic heterocycles. The van der Waals surface area contributed by atoms with Crippen LogP contribution in [-0.2, 0) is 6.54 Å². The number of nitrogens with zero attached hydrogens (tertiary/aromatic N) is 3. The van der Waals surface area contributed by atoms with Gasteiger partial charge in [0.2, 0.25) is 0 Å². The zero-order valence-electron chi connectivity index (χ0n) is 12.5. The van der Waals surface area contributed by atoms with Gasteiger partial charge in [0.15, 0.2) is 5.82 Å². The number of aromatic nitrogens is 2. The van der Waals surface area contributed by atoms with Crippen molar-refractivity contribution < 1.29 is 0 Å². The van der Waals surface area contributed by atoms with Crippen LogP contribution in [0.25, 0.3) is 5.65 Å². The Bertz CT molecular complexity index is 575. The summed E-state index contributed by atoms with van der Waals surface area (Å²) >= 11 is 0. The van der Waals surface area contributed by atoms with Gasteiger partial charge in [-0.2, -0.15) is 0 Å². The average Bonchev–Trinajstić information content (AvgIpc) is 2.84. The molecule has 1 N–H and O–H groups in total. The highest BCUT2D eigenvalue weighted by atomic mass is 15.2. The van der Waals surface area contributed by atoms with E-state index in [2.05, 4.69) is 52.9 Å². The van der Waals surface area contributed by atoms with Gasteiger partial charge in [-0.3, -0.25) is 0 Å². The van der Waals surface area contributed by atoms with E-state index in [0.29, 0.717) is 0 Å². The van der Waals surface area contributed by atoms with Crippen molar-refractivity contribution in [3.05, 3.63) is 30.1 Å². The highest BCUT2D eigenvalue weighted by Gasteiger charge is 2.22. The molecule has 108 valence electrons. The Balaban J connectivity index is 1.99. The van der Waals surface area contributed by atoms with E-state index in [1.165, 1.54) is 24.4 Å². The van der Waals surface area contributed by atoms with Crippen LogP contribution in [0.2, 0.25) is 0 Å². The third-order valence-corrected chi connectivity index (χ3v) is 4.11. The summed E-state index contributed by atoms with van der Waals surface area (Å²) in [6.07, 6.45) is 4.73. The third kappa shape index (κ3) is 2.52. The monoisotopic (exact) mass is 272 g/mol. The van der Waals surface area contributed by atoms with Crippen LogP contribution in [0.3, 0.4) is 0 Å². The second kappa shape index (κ2) is 5.83. The van der Waals surface area contributed by atoms with Crippen LogP contribution in [-0.4, -0.2) is 29.0 Å². The standard InChI is InChI=1S/C16H24N4/c1-3-17-11-14-16(19-9-6-7-13(2)12-19)18-15-8-4-5-10-20(14)15/h4-5,8,10,13,17H,3,6-7,9,11-12H2,1-2H3. The number of hydrogen-bond donors (Lipinski definition) is 1. The number of fused-ring (bicyclic) bond motifs is 1. The van der Waals surface area contributed by atoms with Crippen LogP contribution < -0.4 is 10.2 Å². The zero-order valence-corrected chi connectivity index (χ0v) is 12.5. The topological polar surface area (TPSA) is 32.6 Å². The Morgan fingerprint density at radius 3 is 3.10 bits per heavy atom. The number of nitrogens with one attached hydrogen (secondary N) is 1. The molecule has 20 heavy (non-hydrogen) atoms. The lowest BCUT2D eigenvalue weighted by molar-refractivity contribution is 0.444. The summed E-state index contributed by atoms with van der Waals surface area (Å²) in [5, 5.41) is 3.45. The van der Waals surface area contributed by atoms with Crippen LogP contribution in [0.5, 0.6) is 0 Å². The van der Waals surface area contributed by atoms with E-state index in [0.717, 1.165) is 37.7 Å². The Morgan fingerprint density at radius 1 is 1.40 bits per heavy atom. The maximum absolute atomic E-state index is 4.87. The summed E-state index contributed by atoms with van der Waals surface area (Å²) in [4.78, 5) is 7.34. The fraction of sp³-hybridized carbons (Fsp3) is 0.562. The molecule has 0 radical (unpaired) electrons. The number of rotatable bonds is 4. The largest absolute Gasteiger partial charge is 0.355 e. The van der Waals surface area contributed by atoms with E-state index < -0.39 is 0 Å². The van der Waals surface area contributed by atoms with E-state index in [-0.39, 0.29) is 0 Å². The molecule has 3 rings (SSSR count). The van der Waals surface area contributed by atoms with Crippen molar-refractivity contribution in [3.8, 4) is 0 Å². The number of hydrogen-bond acceptors (Lipinski definition) is 3. The van der Waals surface area contributed by atoms with Crippen LogP contribution in [0.15, 0.2) is 24.4 Å². The lowest BCUT2D eigenvalue weighted by Crippen LogP contribution is -2.35. The summed E-state index contributed by atoms with van der Waals surface area (Å²) in [6.45, 7) is 8.60. The van der Waals surface area contributed by atoms with E-state index in [1.807, 2.05) is 0 Å². The van der Waals surface area contributed by atoms with Gasteiger partial charge < -0.3 is 14.6 Å². The van der Waals surface area contributed by atoms with Gasteiger partial charge in [-0.25, -0.2) is 4.98 Å². The predicted molar refractivity (Wildman–Crippen MR) is 83.2 cm³/mol. The number of imidazole rings is 1. The second-order valence-electron chi connectivity index (χ2n) is 5.78. The molecule has 1 fully saturated rings. The molecule has 1 unspecified atom stereocenters. The minimum Gasteiger partial charge on any atom is -0.355 e. The number of anilines is 1. The van der Waals surface area contributed by atoms with Crippen molar-refractivity contribution in [3.63, 3.8) is 0 Å². The van der Waals surface area contributed by atoms with Crippen LogP contribution >= 0.6 is 0 Å². The van der Waals surface area contributed by atoms with E-state index in [4.69, 9.17) is 4.98 Å². The van der Waals surface area contributed by atoms with Gasteiger partial charge in [0, 0.05) is 25.8 Å². The summed E-state index contributed by atoms with van der Waals surface area (Å²) < 4.78 is 2.22. The zero-order chi connectivity index (χ0) is 13.9. The van der Waals surface area contributed by atoms with Gasteiger partial charge in [0.25, 0.3) is 0 Å². The number of pyridine rings is 1. The first-order chi connectivity index (χ1) is 9.79. The normalized spacial score (nSPS) is 19.7. The third-order valence-electron chi connectivity index (χ3n) is 4.11. The van der Waals surface area contributed by atoms with Crippen LogP contribution in [0.1, 0.15) is 32.4 Å². The summed E-state index contributed by atoms with van der Waals surface area (Å²) in [5.41, 5.74) is 2.34. The molecule has 4 nitrogen and oxygen atoms in total. The van der Waals surface area contributed by atoms with Crippen molar-refractivity contribution in [2.75, 3.05) is 24.5 Å². The Hall–Kier alpha value is -1.55. The maximum atomic E-state index is 4.87. The Morgan fingerprint density at radius 2 is 2.30 bits per heavy atom. The highest BCUT2D eigenvalue weighted by molar-refractivity contribution is 5.56. The molecule has 0 bridgehead atoms. The van der Waals surface area contributed by atoms with Gasteiger partial charge in [-0.1, -0.05) is 19.9 Å². The Labute approximate surface area is 120 Å². The second-order valence-corrected chi connectivity index (χ2v) is 5.78. The highest BCUT2D eigenvalue weighted by Crippen LogP contribution is 2.26. The molecule has 0 spiro atoms. The van der Waals surface area contributed by atoms with E-state index in [1.54, 1.807) is 0 Å². The summed E-state index contributed by atoms with van der Waals surface area (Å²) in [6, 6.07) is 6.22. The molecule has 3 heterocycles. The summed E-state index contributed by atoms with van der Waals surface area (Å²) in [5.74, 6) is 1.93. The quantitative estimate of drug-likeness (QED) is 0.929. The van der Waals surface area contributed by atoms with Crippen LogP contribution in [0.4, 0.5) is 5.82 Å². The molecule has 2 aromatic rings. The first-order valence-electron chi connectivity index (χ1n) is 7.71. The van der Waals surface area contributed by atoms with Crippen molar-refractivity contribution in [2.45, 2.75) is 33.2 Å². The van der Waals surface area contributed by atoms with Gasteiger partial charge in [-0.15, -0.1) is 0 Å². The van der Waals surface area contributed by atoms with Crippen molar-refractivity contribution in [2.24, 2.45) is 5.92 Å². The first kappa shape index (κ1) is 13.4. The molecule has 0 saturated carbocycles. The molecule has 1 saturated heterocycles. The molecule has 0 amide bonds. The minimum atomic E-state index is 0.764. The number of piperidine rings is 1. The van der Waals surface area contributed by atoms with Gasteiger partial charge >= 0.3 is 0 Å². The van der Waals surface area contributed by atoms with Crippen molar-refractivity contribution in [1.82, 2.24) is 14.7 Å². The smallest absolute Gasteiger partial charge is 0.152 e. The van der Waals surface area contributed by atoms with E-state index >= 15 is 0 Å². The maximum Gasteiger partial charge on any atom is 0.152 e. The van der Waals surface area contributed by atoms with Gasteiger partial charge in [-0.05, 0) is 37.4 Å². The molecule has 1 aliphatic heterocycles. The first-order valence-corrected chi connectivity index (χ1v) is 7.71. The SMILES string of the molecule is CCNCc1c(N2CCCC(C)C2)nc2ccccn12. The van der Waals surface area contributed by atoms with Crippen molar-refractivity contribution in [1.29, 1.82) is 0 Å².